The molecule has 1 rings (SSSR count). The summed E-state index contributed by atoms with van der Waals surface area (Å²) in [5.41, 5.74) is 1.46. The lowest BCUT2D eigenvalue weighted by molar-refractivity contribution is 0.0901. The molecule has 1 aromatic rings. The van der Waals surface area contributed by atoms with Crippen molar-refractivity contribution < 1.29 is 19.0 Å². The van der Waals surface area contributed by atoms with E-state index >= 15 is 0 Å². The van der Waals surface area contributed by atoms with Crippen molar-refractivity contribution in [2.24, 2.45) is 5.92 Å². The van der Waals surface area contributed by atoms with Crippen molar-refractivity contribution in [3.63, 3.8) is 0 Å². The molecule has 1 aromatic carbocycles. The third-order valence-corrected chi connectivity index (χ3v) is 3.05. The maximum Gasteiger partial charge on any atom is 0.251 e. The molecule has 1 atom stereocenters. The van der Waals surface area contributed by atoms with Crippen molar-refractivity contribution in [3.05, 3.63) is 29.3 Å². The van der Waals surface area contributed by atoms with E-state index in [-0.39, 0.29) is 11.9 Å². The summed E-state index contributed by atoms with van der Waals surface area (Å²) in [6, 6.07) is 5.32. The SMILES string of the molecule is COC[C@@H](C)NC(=O)c1ccc(OC)c(COCC(C)C)c1. The number of hydrogen-bond donors (Lipinski definition) is 1. The average Bonchev–Trinajstić information content (AvgIpc) is 2.46. The molecule has 5 heteroatoms. The van der Waals surface area contributed by atoms with Crippen LogP contribution in [0.4, 0.5) is 0 Å². The first-order valence-electron chi connectivity index (χ1n) is 7.52. The Bertz CT molecular complexity index is 474. The van der Waals surface area contributed by atoms with Crippen molar-refractivity contribution in [2.45, 2.75) is 33.4 Å². The van der Waals surface area contributed by atoms with E-state index in [1.165, 1.54) is 0 Å². The van der Waals surface area contributed by atoms with Crippen LogP contribution < -0.4 is 10.1 Å². The molecule has 0 saturated carbocycles. The quantitative estimate of drug-likeness (QED) is 0.762. The van der Waals surface area contributed by atoms with Gasteiger partial charge in [-0.1, -0.05) is 13.8 Å². The van der Waals surface area contributed by atoms with Gasteiger partial charge in [-0.3, -0.25) is 4.79 Å². The Morgan fingerprint density at radius 1 is 1.18 bits per heavy atom. The van der Waals surface area contributed by atoms with Crippen LogP contribution in [0.3, 0.4) is 0 Å². The lowest BCUT2D eigenvalue weighted by Gasteiger charge is -2.15. The summed E-state index contributed by atoms with van der Waals surface area (Å²) in [5, 5.41) is 2.89. The second-order valence-electron chi connectivity index (χ2n) is 5.77. The van der Waals surface area contributed by atoms with E-state index in [9.17, 15) is 4.79 Å². The topological polar surface area (TPSA) is 56.8 Å². The molecule has 0 unspecified atom stereocenters. The van der Waals surface area contributed by atoms with Gasteiger partial charge in [0.15, 0.2) is 0 Å². The van der Waals surface area contributed by atoms with Crippen LogP contribution in [-0.2, 0) is 16.1 Å². The first-order valence-corrected chi connectivity index (χ1v) is 7.52. The molecule has 0 bridgehead atoms. The number of carbonyl (C=O) groups excluding carboxylic acids is 1. The molecule has 0 aliphatic rings. The molecule has 22 heavy (non-hydrogen) atoms. The minimum absolute atomic E-state index is 0.0414. The Labute approximate surface area is 132 Å². The van der Waals surface area contributed by atoms with Crippen LogP contribution in [0.15, 0.2) is 18.2 Å². The number of methoxy groups -OCH3 is 2. The predicted molar refractivity (Wildman–Crippen MR) is 86.3 cm³/mol. The average molecular weight is 309 g/mol. The van der Waals surface area contributed by atoms with Gasteiger partial charge in [0.25, 0.3) is 5.91 Å². The van der Waals surface area contributed by atoms with Gasteiger partial charge in [-0.15, -0.1) is 0 Å². The van der Waals surface area contributed by atoms with Gasteiger partial charge in [0.2, 0.25) is 0 Å². The van der Waals surface area contributed by atoms with Gasteiger partial charge in [0.1, 0.15) is 5.75 Å². The maximum absolute atomic E-state index is 12.2. The zero-order valence-electron chi connectivity index (χ0n) is 14.1. The molecular weight excluding hydrogens is 282 g/mol. The summed E-state index contributed by atoms with van der Waals surface area (Å²) in [7, 11) is 3.22. The lowest BCUT2D eigenvalue weighted by atomic mass is 10.1. The first-order chi connectivity index (χ1) is 10.5. The highest BCUT2D eigenvalue weighted by Gasteiger charge is 2.13. The molecule has 1 amide bonds. The summed E-state index contributed by atoms with van der Waals surface area (Å²) >= 11 is 0. The van der Waals surface area contributed by atoms with E-state index in [0.29, 0.717) is 31.3 Å². The van der Waals surface area contributed by atoms with Gasteiger partial charge < -0.3 is 19.5 Å². The maximum atomic E-state index is 12.2. The molecule has 0 aliphatic carbocycles. The molecule has 124 valence electrons. The number of nitrogens with one attached hydrogen (secondary N) is 1. The van der Waals surface area contributed by atoms with E-state index in [0.717, 1.165) is 11.3 Å². The van der Waals surface area contributed by atoms with Crippen molar-refractivity contribution in [3.8, 4) is 5.75 Å². The van der Waals surface area contributed by atoms with Crippen LogP contribution >= 0.6 is 0 Å². The highest BCUT2D eigenvalue weighted by atomic mass is 16.5. The molecule has 5 nitrogen and oxygen atoms in total. The van der Waals surface area contributed by atoms with Crippen LogP contribution in [0.25, 0.3) is 0 Å². The van der Waals surface area contributed by atoms with Crippen LogP contribution in [0.1, 0.15) is 36.7 Å². The van der Waals surface area contributed by atoms with Crippen LogP contribution in [0.2, 0.25) is 0 Å². The van der Waals surface area contributed by atoms with Gasteiger partial charge in [-0.2, -0.15) is 0 Å². The van der Waals surface area contributed by atoms with Gasteiger partial charge in [-0.25, -0.2) is 0 Å². The number of benzene rings is 1. The van der Waals surface area contributed by atoms with E-state index in [2.05, 4.69) is 19.2 Å². The second kappa shape index (κ2) is 9.43. The molecule has 0 spiro atoms. The van der Waals surface area contributed by atoms with Gasteiger partial charge >= 0.3 is 0 Å². The third kappa shape index (κ3) is 6.03. The second-order valence-corrected chi connectivity index (χ2v) is 5.77. The molecule has 0 saturated heterocycles. The third-order valence-electron chi connectivity index (χ3n) is 3.05. The number of rotatable bonds is 9. The molecule has 0 fully saturated rings. The van der Waals surface area contributed by atoms with E-state index < -0.39 is 0 Å². The number of ether oxygens (including phenoxy) is 3. The Hall–Kier alpha value is -1.59. The molecule has 1 N–H and O–H groups in total. The fourth-order valence-corrected chi connectivity index (χ4v) is 2.04. The molecular formula is C17H27NO4. The van der Waals surface area contributed by atoms with Gasteiger partial charge in [0, 0.05) is 30.9 Å². The summed E-state index contributed by atoms with van der Waals surface area (Å²) in [5.74, 6) is 1.06. The zero-order valence-corrected chi connectivity index (χ0v) is 14.1. The first kappa shape index (κ1) is 18.5. The van der Waals surface area contributed by atoms with Crippen molar-refractivity contribution in [1.29, 1.82) is 0 Å². The van der Waals surface area contributed by atoms with Crippen LogP contribution in [0.5, 0.6) is 5.75 Å². The minimum atomic E-state index is -0.127. The van der Waals surface area contributed by atoms with Crippen molar-refractivity contribution >= 4 is 5.91 Å². The molecule has 0 aromatic heterocycles. The summed E-state index contributed by atoms with van der Waals surface area (Å²) in [6.45, 7) is 7.67. The molecule has 0 heterocycles. The fraction of sp³-hybridized carbons (Fsp3) is 0.588. The number of amides is 1. The minimum Gasteiger partial charge on any atom is -0.496 e. The summed E-state index contributed by atoms with van der Waals surface area (Å²) in [4.78, 5) is 12.2. The van der Waals surface area contributed by atoms with Crippen molar-refractivity contribution in [1.82, 2.24) is 5.32 Å². The normalized spacial score (nSPS) is 12.3. The predicted octanol–water partition coefficient (Wildman–Crippen LogP) is 2.63. The largest absolute Gasteiger partial charge is 0.496 e. The van der Waals surface area contributed by atoms with Crippen LogP contribution in [-0.4, -0.2) is 39.4 Å². The smallest absolute Gasteiger partial charge is 0.251 e. The van der Waals surface area contributed by atoms with Gasteiger partial charge in [0.05, 0.1) is 20.3 Å². The van der Waals surface area contributed by atoms with E-state index in [1.54, 1.807) is 26.4 Å². The summed E-state index contributed by atoms with van der Waals surface area (Å²) in [6.07, 6.45) is 0. The lowest BCUT2D eigenvalue weighted by Crippen LogP contribution is -2.35. The fourth-order valence-electron chi connectivity index (χ4n) is 2.04. The Morgan fingerprint density at radius 2 is 1.91 bits per heavy atom. The van der Waals surface area contributed by atoms with E-state index in [1.807, 2.05) is 13.0 Å². The highest BCUT2D eigenvalue weighted by molar-refractivity contribution is 5.94. The van der Waals surface area contributed by atoms with Crippen LogP contribution in [0, 0.1) is 5.92 Å². The Balaban J connectivity index is 2.77. The number of carbonyl (C=O) groups is 1. The zero-order chi connectivity index (χ0) is 16.5. The standard InChI is InChI=1S/C17H27NO4/c1-12(2)9-22-11-15-8-14(6-7-16(15)21-5)17(19)18-13(3)10-20-4/h6-8,12-13H,9-11H2,1-5H3,(H,18,19)/t13-/m1/s1. The molecule has 0 aliphatic heterocycles. The van der Waals surface area contributed by atoms with Crippen molar-refractivity contribution in [2.75, 3.05) is 27.4 Å². The summed E-state index contributed by atoms with van der Waals surface area (Å²) < 4.78 is 16.0. The van der Waals surface area contributed by atoms with Gasteiger partial charge in [-0.05, 0) is 31.0 Å². The van der Waals surface area contributed by atoms with E-state index in [4.69, 9.17) is 14.2 Å². The highest BCUT2D eigenvalue weighted by Crippen LogP contribution is 2.21. The Morgan fingerprint density at radius 3 is 2.50 bits per heavy atom. The Kier molecular flexibility index (Phi) is 7.91. The number of hydrogen-bond acceptors (Lipinski definition) is 4. The monoisotopic (exact) mass is 309 g/mol. The molecule has 0 radical (unpaired) electrons.